The van der Waals surface area contributed by atoms with Crippen molar-refractivity contribution in [2.75, 3.05) is 5.32 Å². The molecule has 0 spiro atoms. The van der Waals surface area contributed by atoms with Crippen LogP contribution in [0.2, 0.25) is 0 Å². The molecule has 0 radical (unpaired) electrons. The van der Waals surface area contributed by atoms with Crippen LogP contribution in [0, 0.1) is 27.7 Å². The molecule has 0 saturated heterocycles. The zero-order valence-corrected chi connectivity index (χ0v) is 13.9. The molecule has 3 rings (SSSR count). The Labute approximate surface area is 130 Å². The summed E-state index contributed by atoms with van der Waals surface area (Å²) in [6.07, 6.45) is 1.76. The second kappa shape index (κ2) is 5.20. The summed E-state index contributed by atoms with van der Waals surface area (Å²) in [7, 11) is 0. The normalized spacial score (nSPS) is 11.0. The van der Waals surface area contributed by atoms with Crippen molar-refractivity contribution in [3.05, 3.63) is 38.8 Å². The molecule has 6 heteroatoms. The molecule has 0 aliphatic rings. The lowest BCUT2D eigenvalue weighted by atomic mass is 10.1. The van der Waals surface area contributed by atoms with E-state index in [1.54, 1.807) is 6.20 Å². The van der Waals surface area contributed by atoms with E-state index in [4.69, 9.17) is 0 Å². The number of aromatic nitrogens is 2. The standard InChI is InChI=1S/C15H15N3OS2/c1-7-5-8(2)17-14-11(7)10(4)12(21-14)13(19)18-15-16-6-9(3)20-15/h5-6H,1-4H3,(H,16,18,19). The summed E-state index contributed by atoms with van der Waals surface area (Å²) in [5.74, 6) is -0.109. The number of pyridine rings is 1. The molecule has 0 bridgehead atoms. The number of fused-ring (bicyclic) bond motifs is 1. The molecule has 0 saturated carbocycles. The van der Waals surface area contributed by atoms with Gasteiger partial charge in [-0.05, 0) is 44.9 Å². The average molecular weight is 317 g/mol. The number of thiazole rings is 1. The largest absolute Gasteiger partial charge is 0.297 e. The van der Waals surface area contributed by atoms with Crippen molar-refractivity contribution in [1.29, 1.82) is 0 Å². The number of nitrogens with zero attached hydrogens (tertiary/aromatic N) is 2. The van der Waals surface area contributed by atoms with E-state index in [-0.39, 0.29) is 5.91 Å². The predicted molar refractivity (Wildman–Crippen MR) is 88.6 cm³/mol. The quantitative estimate of drug-likeness (QED) is 0.769. The number of rotatable bonds is 2. The first kappa shape index (κ1) is 14.2. The molecular weight excluding hydrogens is 302 g/mol. The molecule has 1 N–H and O–H groups in total. The average Bonchev–Trinajstić information content (AvgIpc) is 2.93. The van der Waals surface area contributed by atoms with Crippen LogP contribution in [0.1, 0.15) is 31.4 Å². The second-order valence-electron chi connectivity index (χ2n) is 5.05. The van der Waals surface area contributed by atoms with Gasteiger partial charge in [0.2, 0.25) is 0 Å². The minimum Gasteiger partial charge on any atom is -0.297 e. The van der Waals surface area contributed by atoms with Gasteiger partial charge in [0.05, 0.1) is 4.88 Å². The maximum absolute atomic E-state index is 12.4. The number of thiophene rings is 1. The monoisotopic (exact) mass is 317 g/mol. The first-order chi connectivity index (χ1) is 9.95. The van der Waals surface area contributed by atoms with Gasteiger partial charge < -0.3 is 0 Å². The summed E-state index contributed by atoms with van der Waals surface area (Å²) in [4.78, 5) is 23.9. The highest BCUT2D eigenvalue weighted by Crippen LogP contribution is 2.32. The molecule has 0 unspecified atom stereocenters. The number of carbonyl (C=O) groups is 1. The molecule has 21 heavy (non-hydrogen) atoms. The third kappa shape index (κ3) is 2.56. The maximum Gasteiger partial charge on any atom is 0.267 e. The number of aryl methyl sites for hydroxylation is 4. The highest BCUT2D eigenvalue weighted by molar-refractivity contribution is 7.21. The summed E-state index contributed by atoms with van der Waals surface area (Å²) >= 11 is 2.92. The van der Waals surface area contributed by atoms with Gasteiger partial charge in [-0.2, -0.15) is 0 Å². The van der Waals surface area contributed by atoms with Crippen LogP contribution in [0.3, 0.4) is 0 Å². The number of amides is 1. The van der Waals surface area contributed by atoms with Crippen molar-refractivity contribution >= 4 is 43.9 Å². The summed E-state index contributed by atoms with van der Waals surface area (Å²) in [6.45, 7) is 7.97. The molecule has 0 aliphatic carbocycles. The van der Waals surface area contributed by atoms with Gasteiger partial charge >= 0.3 is 0 Å². The van der Waals surface area contributed by atoms with Gasteiger partial charge in [0, 0.05) is 22.2 Å². The third-order valence-corrected chi connectivity index (χ3v) is 5.29. The van der Waals surface area contributed by atoms with Crippen LogP contribution in [-0.4, -0.2) is 15.9 Å². The van der Waals surface area contributed by atoms with Gasteiger partial charge in [0.15, 0.2) is 5.13 Å². The molecule has 3 aromatic rings. The van der Waals surface area contributed by atoms with E-state index in [1.807, 2.05) is 26.8 Å². The number of hydrogen-bond donors (Lipinski definition) is 1. The van der Waals surface area contributed by atoms with Gasteiger partial charge in [0.1, 0.15) is 4.83 Å². The van der Waals surface area contributed by atoms with Crippen molar-refractivity contribution in [2.24, 2.45) is 0 Å². The Morgan fingerprint density at radius 2 is 1.95 bits per heavy atom. The van der Waals surface area contributed by atoms with Gasteiger partial charge in [0.25, 0.3) is 5.91 Å². The molecule has 0 aliphatic heterocycles. The van der Waals surface area contributed by atoms with Crippen molar-refractivity contribution in [3.8, 4) is 0 Å². The van der Waals surface area contributed by atoms with E-state index in [0.29, 0.717) is 10.0 Å². The fourth-order valence-electron chi connectivity index (χ4n) is 2.40. The molecule has 1 amide bonds. The Morgan fingerprint density at radius 1 is 1.19 bits per heavy atom. The van der Waals surface area contributed by atoms with Crippen molar-refractivity contribution in [2.45, 2.75) is 27.7 Å². The summed E-state index contributed by atoms with van der Waals surface area (Å²) in [5, 5.41) is 4.59. The molecular formula is C15H15N3OS2. The van der Waals surface area contributed by atoms with E-state index in [0.717, 1.165) is 31.9 Å². The number of hydrogen-bond acceptors (Lipinski definition) is 5. The highest BCUT2D eigenvalue weighted by atomic mass is 32.1. The van der Waals surface area contributed by atoms with Crippen LogP contribution < -0.4 is 5.32 Å². The van der Waals surface area contributed by atoms with Gasteiger partial charge in [-0.15, -0.1) is 22.7 Å². The van der Waals surface area contributed by atoms with E-state index in [2.05, 4.69) is 22.2 Å². The Kier molecular flexibility index (Phi) is 3.51. The van der Waals surface area contributed by atoms with Gasteiger partial charge in [-0.25, -0.2) is 9.97 Å². The fourth-order valence-corrected chi connectivity index (χ4v) is 4.26. The Hall–Kier alpha value is -1.79. The third-order valence-electron chi connectivity index (χ3n) is 3.27. The van der Waals surface area contributed by atoms with Crippen LogP contribution in [0.15, 0.2) is 12.3 Å². The molecule has 3 aromatic heterocycles. The minimum absolute atomic E-state index is 0.109. The van der Waals surface area contributed by atoms with Crippen LogP contribution in [0.5, 0.6) is 0 Å². The first-order valence-electron chi connectivity index (χ1n) is 6.57. The smallest absolute Gasteiger partial charge is 0.267 e. The summed E-state index contributed by atoms with van der Waals surface area (Å²) < 4.78 is 0. The number of carbonyl (C=O) groups excluding carboxylic acids is 1. The summed E-state index contributed by atoms with van der Waals surface area (Å²) in [6, 6.07) is 2.05. The van der Waals surface area contributed by atoms with E-state index in [1.165, 1.54) is 22.7 Å². The molecule has 0 atom stereocenters. The Morgan fingerprint density at radius 3 is 2.62 bits per heavy atom. The molecule has 0 fully saturated rings. The highest BCUT2D eigenvalue weighted by Gasteiger charge is 2.18. The van der Waals surface area contributed by atoms with Gasteiger partial charge in [-0.1, -0.05) is 0 Å². The van der Waals surface area contributed by atoms with Gasteiger partial charge in [-0.3, -0.25) is 10.1 Å². The van der Waals surface area contributed by atoms with Crippen molar-refractivity contribution in [3.63, 3.8) is 0 Å². The SMILES string of the molecule is Cc1cc(C)c2c(C)c(C(=O)Nc3ncc(C)s3)sc2n1. The van der Waals surface area contributed by atoms with Crippen molar-refractivity contribution in [1.82, 2.24) is 9.97 Å². The number of nitrogens with one attached hydrogen (secondary N) is 1. The van der Waals surface area contributed by atoms with Crippen LogP contribution in [-0.2, 0) is 0 Å². The lowest BCUT2D eigenvalue weighted by molar-refractivity contribution is 0.103. The minimum atomic E-state index is -0.109. The topological polar surface area (TPSA) is 54.9 Å². The maximum atomic E-state index is 12.4. The molecule has 3 heterocycles. The predicted octanol–water partition coefficient (Wildman–Crippen LogP) is 4.24. The zero-order chi connectivity index (χ0) is 15.1. The lowest BCUT2D eigenvalue weighted by Crippen LogP contribution is -2.10. The zero-order valence-electron chi connectivity index (χ0n) is 12.3. The Balaban J connectivity index is 2.02. The molecule has 0 aromatic carbocycles. The fraction of sp³-hybridized carbons (Fsp3) is 0.267. The number of anilines is 1. The molecule has 4 nitrogen and oxygen atoms in total. The van der Waals surface area contributed by atoms with Crippen LogP contribution in [0.25, 0.3) is 10.2 Å². The lowest BCUT2D eigenvalue weighted by Gasteiger charge is -2.01. The van der Waals surface area contributed by atoms with Crippen LogP contribution in [0.4, 0.5) is 5.13 Å². The second-order valence-corrected chi connectivity index (χ2v) is 7.28. The van der Waals surface area contributed by atoms with E-state index in [9.17, 15) is 4.79 Å². The first-order valence-corrected chi connectivity index (χ1v) is 8.20. The Bertz CT molecular complexity index is 848. The molecule has 108 valence electrons. The van der Waals surface area contributed by atoms with Crippen LogP contribution >= 0.6 is 22.7 Å². The van der Waals surface area contributed by atoms with E-state index >= 15 is 0 Å². The summed E-state index contributed by atoms with van der Waals surface area (Å²) in [5.41, 5.74) is 3.13. The van der Waals surface area contributed by atoms with E-state index < -0.39 is 0 Å². The van der Waals surface area contributed by atoms with Crippen molar-refractivity contribution < 1.29 is 4.79 Å².